The fraction of sp³-hybridized carbons (Fsp3) is 0.857. The Morgan fingerprint density at radius 3 is 1.14 bits per heavy atom. The van der Waals surface area contributed by atoms with E-state index in [1.54, 1.807) is 20.8 Å². The fourth-order valence-electron chi connectivity index (χ4n) is 5.49. The highest BCUT2D eigenvalue weighted by Gasteiger charge is 2.31. The van der Waals surface area contributed by atoms with Crippen LogP contribution in [-0.4, -0.2) is 63.9 Å². The molecule has 0 aliphatic heterocycles. The van der Waals surface area contributed by atoms with Crippen molar-refractivity contribution in [2.24, 2.45) is 17.8 Å². The van der Waals surface area contributed by atoms with Crippen molar-refractivity contribution in [1.82, 2.24) is 0 Å². The van der Waals surface area contributed by atoms with Gasteiger partial charge in [-0.2, -0.15) is 0 Å². The van der Waals surface area contributed by atoms with Gasteiger partial charge in [-0.05, 0) is 38.5 Å². The normalized spacial score (nSPS) is 15.3. The first-order valence-corrected chi connectivity index (χ1v) is 17.2. The summed E-state index contributed by atoms with van der Waals surface area (Å²) < 4.78 is 0.611. The van der Waals surface area contributed by atoms with Gasteiger partial charge in [0.1, 0.15) is 0 Å². The van der Waals surface area contributed by atoms with Crippen molar-refractivity contribution < 1.29 is 34.2 Å². The topological polar surface area (TPSA) is 112 Å². The van der Waals surface area contributed by atoms with E-state index in [0.717, 1.165) is 19.4 Å². The summed E-state index contributed by atoms with van der Waals surface area (Å²) in [5, 5.41) is 28.3. The highest BCUT2D eigenvalue weighted by Crippen LogP contribution is 2.22. The van der Waals surface area contributed by atoms with E-state index >= 15 is 0 Å². The maximum atomic E-state index is 11.5. The molecule has 7 heteroatoms. The van der Waals surface area contributed by atoms with Gasteiger partial charge < -0.3 is 19.8 Å². The SMILES string of the molecule is CCCCCCC/C=C/CCCCCCCCCCC[N+](CCC(C)C(=O)O)(CCC(C)C(=O)O)CCC(C)C(=O)O. The van der Waals surface area contributed by atoms with Gasteiger partial charge in [-0.15, -0.1) is 0 Å². The Kier molecular flexibility index (Phi) is 24.4. The third-order valence-electron chi connectivity index (χ3n) is 9.02. The second-order valence-corrected chi connectivity index (χ2v) is 13.0. The number of carbonyl (C=O) groups is 3. The summed E-state index contributed by atoms with van der Waals surface area (Å²) in [7, 11) is 0. The zero-order chi connectivity index (χ0) is 31.6. The van der Waals surface area contributed by atoms with Crippen LogP contribution >= 0.6 is 0 Å². The van der Waals surface area contributed by atoms with Crippen LogP contribution in [-0.2, 0) is 14.4 Å². The summed E-state index contributed by atoms with van der Waals surface area (Å²) in [6.07, 6.45) is 26.4. The van der Waals surface area contributed by atoms with Gasteiger partial charge in [0, 0.05) is 19.3 Å². The van der Waals surface area contributed by atoms with Crippen molar-refractivity contribution in [2.75, 3.05) is 26.2 Å². The molecule has 0 radical (unpaired) electrons. The molecule has 0 aromatic rings. The molecule has 0 bridgehead atoms. The van der Waals surface area contributed by atoms with Crippen LogP contribution in [0.2, 0.25) is 0 Å². The van der Waals surface area contributed by atoms with Crippen molar-refractivity contribution in [3.05, 3.63) is 12.2 Å². The van der Waals surface area contributed by atoms with Crippen molar-refractivity contribution >= 4 is 17.9 Å². The molecule has 0 aromatic carbocycles. The second kappa shape index (κ2) is 25.6. The van der Waals surface area contributed by atoms with Crippen molar-refractivity contribution in [3.63, 3.8) is 0 Å². The highest BCUT2D eigenvalue weighted by atomic mass is 16.4. The molecule has 0 aromatic heterocycles. The van der Waals surface area contributed by atoms with E-state index in [1.165, 1.54) is 89.9 Å². The van der Waals surface area contributed by atoms with Gasteiger partial charge in [-0.3, -0.25) is 14.4 Å². The number of unbranched alkanes of at least 4 members (excludes halogenated alkanes) is 14. The van der Waals surface area contributed by atoms with Gasteiger partial charge >= 0.3 is 17.9 Å². The van der Waals surface area contributed by atoms with Gasteiger partial charge in [0.15, 0.2) is 0 Å². The minimum Gasteiger partial charge on any atom is -0.481 e. The van der Waals surface area contributed by atoms with Gasteiger partial charge in [0.25, 0.3) is 0 Å². The van der Waals surface area contributed by atoms with Crippen LogP contribution in [0.3, 0.4) is 0 Å². The van der Waals surface area contributed by atoms with Gasteiger partial charge in [0.2, 0.25) is 0 Å². The highest BCUT2D eigenvalue weighted by molar-refractivity contribution is 5.70. The quantitative estimate of drug-likeness (QED) is 0.0433. The number of quaternary nitrogens is 1. The third-order valence-corrected chi connectivity index (χ3v) is 9.02. The molecule has 0 rings (SSSR count). The van der Waals surface area contributed by atoms with E-state index in [4.69, 9.17) is 0 Å². The zero-order valence-corrected chi connectivity index (χ0v) is 27.7. The van der Waals surface area contributed by atoms with Crippen molar-refractivity contribution in [3.8, 4) is 0 Å². The molecule has 246 valence electrons. The molecule has 0 saturated heterocycles. The number of carboxylic acids is 3. The van der Waals surface area contributed by atoms with E-state index in [2.05, 4.69) is 19.1 Å². The molecule has 7 nitrogen and oxygen atoms in total. The summed E-state index contributed by atoms with van der Waals surface area (Å²) in [6, 6.07) is 0. The number of hydrogen-bond donors (Lipinski definition) is 3. The van der Waals surface area contributed by atoms with E-state index in [0.29, 0.717) is 43.4 Å². The van der Waals surface area contributed by atoms with Gasteiger partial charge in [-0.25, -0.2) is 0 Å². The maximum absolute atomic E-state index is 11.5. The molecular formula is C35H66NO6+. The van der Waals surface area contributed by atoms with Crippen LogP contribution < -0.4 is 0 Å². The molecule has 0 fully saturated rings. The van der Waals surface area contributed by atoms with Crippen LogP contribution in [0.4, 0.5) is 0 Å². The molecule has 0 heterocycles. The third kappa shape index (κ3) is 21.8. The number of allylic oxidation sites excluding steroid dienone is 2. The first-order valence-electron chi connectivity index (χ1n) is 17.2. The predicted octanol–water partition coefficient (Wildman–Crippen LogP) is 8.95. The van der Waals surface area contributed by atoms with Crippen LogP contribution in [0, 0.1) is 17.8 Å². The van der Waals surface area contributed by atoms with Crippen molar-refractivity contribution in [2.45, 2.75) is 150 Å². The number of nitrogens with zero attached hydrogens (tertiary/aromatic N) is 1. The average molecular weight is 597 g/mol. The van der Waals surface area contributed by atoms with E-state index in [-0.39, 0.29) is 0 Å². The number of rotatable bonds is 30. The Labute approximate surface area is 257 Å². The molecule has 3 atom stereocenters. The molecule has 0 spiro atoms. The first kappa shape index (κ1) is 40.1. The summed E-state index contributed by atoms with van der Waals surface area (Å²) in [5.74, 6) is -3.91. The summed E-state index contributed by atoms with van der Waals surface area (Å²) in [5.41, 5.74) is 0. The lowest BCUT2D eigenvalue weighted by atomic mass is 10.0. The van der Waals surface area contributed by atoms with E-state index in [1.807, 2.05) is 0 Å². The largest absolute Gasteiger partial charge is 0.481 e. The summed E-state index contributed by atoms with van der Waals surface area (Å²) in [4.78, 5) is 34.5. The van der Waals surface area contributed by atoms with Gasteiger partial charge in [0.05, 0.1) is 43.9 Å². The maximum Gasteiger partial charge on any atom is 0.306 e. The lowest BCUT2D eigenvalue weighted by Gasteiger charge is -2.40. The molecule has 0 saturated carbocycles. The molecule has 42 heavy (non-hydrogen) atoms. The monoisotopic (exact) mass is 596 g/mol. The molecular weight excluding hydrogens is 530 g/mol. The molecule has 0 amide bonds. The van der Waals surface area contributed by atoms with Crippen LogP contribution in [0.15, 0.2) is 12.2 Å². The van der Waals surface area contributed by atoms with E-state index in [9.17, 15) is 29.7 Å². The first-order chi connectivity index (χ1) is 20.0. The van der Waals surface area contributed by atoms with Crippen LogP contribution in [0.1, 0.15) is 150 Å². The predicted molar refractivity (Wildman–Crippen MR) is 173 cm³/mol. The molecule has 3 N–H and O–H groups in total. The minimum atomic E-state index is -0.824. The Hall–Kier alpha value is -1.89. The second-order valence-electron chi connectivity index (χ2n) is 13.0. The number of carboxylic acid groups (broad SMARTS) is 3. The smallest absolute Gasteiger partial charge is 0.306 e. The minimum absolute atomic E-state index is 0.479. The standard InChI is InChI=1S/C35H65NO6/c1-5-6-7-8-9-10-11-12-13-14-15-16-17-18-19-20-21-22-26-36(27-23-30(2)33(37)38,28-24-31(3)34(39)40)29-25-32(4)35(41)42/h11-12,30-32H,5-10,13-29H2,1-4H3,(H2-,37,38,39,40,41,42)/p+1/b12-11+. The molecule has 0 aliphatic rings. The lowest BCUT2D eigenvalue weighted by Crippen LogP contribution is -2.52. The Morgan fingerprint density at radius 2 is 0.810 bits per heavy atom. The Balaban J connectivity index is 4.52. The average Bonchev–Trinajstić information content (AvgIpc) is 2.96. The van der Waals surface area contributed by atoms with Crippen molar-refractivity contribution in [1.29, 1.82) is 0 Å². The lowest BCUT2D eigenvalue weighted by molar-refractivity contribution is -0.929. The zero-order valence-electron chi connectivity index (χ0n) is 27.7. The Bertz CT molecular complexity index is 677. The van der Waals surface area contributed by atoms with Crippen LogP contribution in [0.25, 0.3) is 0 Å². The summed E-state index contributed by atoms with van der Waals surface area (Å²) in [6.45, 7) is 10.2. The Morgan fingerprint density at radius 1 is 0.500 bits per heavy atom. The molecule has 3 unspecified atom stereocenters. The van der Waals surface area contributed by atoms with Crippen LogP contribution in [0.5, 0.6) is 0 Å². The fourth-order valence-corrected chi connectivity index (χ4v) is 5.49. The number of hydrogen-bond acceptors (Lipinski definition) is 3. The molecule has 0 aliphatic carbocycles. The van der Waals surface area contributed by atoms with Gasteiger partial charge in [-0.1, -0.05) is 104 Å². The number of aliphatic carboxylic acids is 3. The van der Waals surface area contributed by atoms with E-state index < -0.39 is 35.7 Å². The summed E-state index contributed by atoms with van der Waals surface area (Å²) >= 11 is 0.